The maximum atomic E-state index is 6.04. The van der Waals surface area contributed by atoms with Gasteiger partial charge >= 0.3 is 0 Å². The van der Waals surface area contributed by atoms with Crippen molar-refractivity contribution >= 4 is 11.5 Å². The summed E-state index contributed by atoms with van der Waals surface area (Å²) in [5.74, 6) is 1.01. The molecule has 0 spiro atoms. The van der Waals surface area contributed by atoms with Crippen LogP contribution in [0.4, 0.5) is 11.5 Å². The Bertz CT molecular complexity index is 377. The molecule has 4 nitrogen and oxygen atoms in total. The third-order valence-corrected chi connectivity index (χ3v) is 3.40. The second-order valence-electron chi connectivity index (χ2n) is 5.24. The van der Waals surface area contributed by atoms with E-state index >= 15 is 0 Å². The minimum absolute atomic E-state index is 0.488. The van der Waals surface area contributed by atoms with Crippen LogP contribution in [0, 0.1) is 12.3 Å². The summed E-state index contributed by atoms with van der Waals surface area (Å²) in [6.07, 6.45) is 3.72. The quantitative estimate of drug-likeness (QED) is 0.804. The van der Waals surface area contributed by atoms with Gasteiger partial charge in [0.15, 0.2) is 0 Å². The van der Waals surface area contributed by atoms with Gasteiger partial charge in [-0.1, -0.05) is 13.8 Å². The first kappa shape index (κ1) is 11.3. The van der Waals surface area contributed by atoms with Crippen LogP contribution in [0.3, 0.4) is 0 Å². The highest BCUT2D eigenvalue weighted by Crippen LogP contribution is 2.45. The van der Waals surface area contributed by atoms with Crippen molar-refractivity contribution in [2.45, 2.75) is 46.6 Å². The molecule has 0 amide bonds. The zero-order valence-electron chi connectivity index (χ0n) is 10.5. The second-order valence-corrected chi connectivity index (χ2v) is 5.24. The van der Waals surface area contributed by atoms with Crippen molar-refractivity contribution in [3.8, 4) is 0 Å². The minimum Gasteiger partial charge on any atom is -0.394 e. The summed E-state index contributed by atoms with van der Waals surface area (Å²) in [6.45, 7) is 8.36. The van der Waals surface area contributed by atoms with Gasteiger partial charge in [0.1, 0.15) is 5.82 Å². The predicted octanol–water partition coefficient (Wildman–Crippen LogP) is 2.40. The first-order valence-corrected chi connectivity index (χ1v) is 6.12. The first-order valence-electron chi connectivity index (χ1n) is 6.12. The van der Waals surface area contributed by atoms with Gasteiger partial charge < -0.3 is 11.1 Å². The van der Waals surface area contributed by atoms with Crippen LogP contribution in [0.25, 0.3) is 0 Å². The fraction of sp³-hybridized carbons (Fsp3) is 0.750. The largest absolute Gasteiger partial charge is 0.394 e. The maximum absolute atomic E-state index is 6.04. The van der Waals surface area contributed by atoms with Crippen LogP contribution in [-0.2, 0) is 6.54 Å². The van der Waals surface area contributed by atoms with Crippen LogP contribution in [-0.4, -0.2) is 16.3 Å². The van der Waals surface area contributed by atoms with E-state index in [1.807, 2.05) is 11.6 Å². The summed E-state index contributed by atoms with van der Waals surface area (Å²) in [5, 5.41) is 7.92. The Morgan fingerprint density at radius 3 is 2.75 bits per heavy atom. The molecule has 1 aliphatic rings. The standard InChI is InChI=1S/C12H22N4/c1-4-7-16-11(10(13)9(2)15-16)14-8-12(3)5-6-12/h14H,4-8,13H2,1-3H3. The highest BCUT2D eigenvalue weighted by atomic mass is 15.3. The Labute approximate surface area is 97.2 Å². The van der Waals surface area contributed by atoms with E-state index in [4.69, 9.17) is 5.73 Å². The van der Waals surface area contributed by atoms with Crippen molar-refractivity contribution in [2.24, 2.45) is 5.41 Å². The molecule has 0 aliphatic heterocycles. The topological polar surface area (TPSA) is 55.9 Å². The van der Waals surface area contributed by atoms with Gasteiger partial charge in [-0.2, -0.15) is 5.10 Å². The van der Waals surface area contributed by atoms with Crippen LogP contribution in [0.5, 0.6) is 0 Å². The fourth-order valence-electron chi connectivity index (χ4n) is 1.84. The number of nitrogens with one attached hydrogen (secondary N) is 1. The van der Waals surface area contributed by atoms with Crippen molar-refractivity contribution in [3.05, 3.63) is 5.69 Å². The molecule has 0 radical (unpaired) electrons. The third-order valence-electron chi connectivity index (χ3n) is 3.40. The summed E-state index contributed by atoms with van der Waals surface area (Å²) < 4.78 is 2.00. The molecule has 0 atom stereocenters. The molecule has 2 rings (SSSR count). The summed E-state index contributed by atoms with van der Waals surface area (Å²) in [7, 11) is 0. The highest BCUT2D eigenvalue weighted by Gasteiger charge is 2.37. The van der Waals surface area contributed by atoms with E-state index in [0.29, 0.717) is 5.41 Å². The zero-order valence-corrected chi connectivity index (χ0v) is 10.5. The molecule has 0 aromatic carbocycles. The van der Waals surface area contributed by atoms with Gasteiger partial charge in [-0.25, -0.2) is 4.68 Å². The van der Waals surface area contributed by atoms with Crippen molar-refractivity contribution in [1.82, 2.24) is 9.78 Å². The molecule has 90 valence electrons. The SMILES string of the molecule is CCCn1nc(C)c(N)c1NCC1(C)CC1. The van der Waals surface area contributed by atoms with E-state index in [1.54, 1.807) is 0 Å². The summed E-state index contributed by atoms with van der Waals surface area (Å²) in [4.78, 5) is 0. The van der Waals surface area contributed by atoms with Gasteiger partial charge in [-0.05, 0) is 31.6 Å². The van der Waals surface area contributed by atoms with Gasteiger partial charge in [0, 0.05) is 13.1 Å². The molecule has 1 aromatic rings. The molecule has 1 saturated carbocycles. The highest BCUT2D eigenvalue weighted by molar-refractivity contribution is 5.64. The molecule has 1 fully saturated rings. The molecular weight excluding hydrogens is 200 g/mol. The fourth-order valence-corrected chi connectivity index (χ4v) is 1.84. The number of rotatable bonds is 5. The zero-order chi connectivity index (χ0) is 11.8. The monoisotopic (exact) mass is 222 g/mol. The van der Waals surface area contributed by atoms with E-state index in [9.17, 15) is 0 Å². The van der Waals surface area contributed by atoms with Crippen molar-refractivity contribution in [3.63, 3.8) is 0 Å². The average molecular weight is 222 g/mol. The molecule has 4 heteroatoms. The summed E-state index contributed by atoms with van der Waals surface area (Å²) >= 11 is 0. The lowest BCUT2D eigenvalue weighted by molar-refractivity contribution is 0.580. The van der Waals surface area contributed by atoms with E-state index in [1.165, 1.54) is 12.8 Å². The average Bonchev–Trinajstić information content (AvgIpc) is 2.90. The molecule has 1 aliphatic carbocycles. The second kappa shape index (κ2) is 4.00. The van der Waals surface area contributed by atoms with Crippen LogP contribution < -0.4 is 11.1 Å². The number of nitrogens with two attached hydrogens (primary N) is 1. The lowest BCUT2D eigenvalue weighted by Gasteiger charge is -2.13. The van der Waals surface area contributed by atoms with Crippen LogP contribution in [0.2, 0.25) is 0 Å². The number of hydrogen-bond acceptors (Lipinski definition) is 3. The third kappa shape index (κ3) is 2.15. The van der Waals surface area contributed by atoms with E-state index < -0.39 is 0 Å². The van der Waals surface area contributed by atoms with E-state index in [-0.39, 0.29) is 0 Å². The van der Waals surface area contributed by atoms with Crippen molar-refractivity contribution in [2.75, 3.05) is 17.6 Å². The smallest absolute Gasteiger partial charge is 0.148 e. The lowest BCUT2D eigenvalue weighted by Crippen LogP contribution is -2.16. The number of anilines is 2. The molecule has 16 heavy (non-hydrogen) atoms. The molecule has 0 bridgehead atoms. The normalized spacial score (nSPS) is 17.4. The van der Waals surface area contributed by atoms with Gasteiger partial charge in [0.2, 0.25) is 0 Å². The Morgan fingerprint density at radius 2 is 2.19 bits per heavy atom. The molecule has 1 aromatic heterocycles. The lowest BCUT2D eigenvalue weighted by atomic mass is 10.1. The molecule has 0 unspecified atom stereocenters. The Morgan fingerprint density at radius 1 is 1.50 bits per heavy atom. The minimum atomic E-state index is 0.488. The number of nitrogens with zero attached hydrogens (tertiary/aromatic N) is 2. The number of aryl methyl sites for hydroxylation is 2. The first-order chi connectivity index (χ1) is 7.56. The Kier molecular flexibility index (Phi) is 2.82. The number of nitrogen functional groups attached to an aromatic ring is 1. The molecule has 1 heterocycles. The van der Waals surface area contributed by atoms with Gasteiger partial charge in [-0.3, -0.25) is 0 Å². The number of aromatic nitrogens is 2. The van der Waals surface area contributed by atoms with Crippen molar-refractivity contribution in [1.29, 1.82) is 0 Å². The predicted molar refractivity (Wildman–Crippen MR) is 67.5 cm³/mol. The van der Waals surface area contributed by atoms with Gasteiger partial charge in [-0.15, -0.1) is 0 Å². The number of hydrogen-bond donors (Lipinski definition) is 2. The molecule has 0 saturated heterocycles. The van der Waals surface area contributed by atoms with E-state index in [0.717, 1.165) is 36.7 Å². The van der Waals surface area contributed by atoms with Crippen LogP contribution >= 0.6 is 0 Å². The Hall–Kier alpha value is -1.19. The summed E-state index contributed by atoms with van der Waals surface area (Å²) in [6, 6.07) is 0. The summed E-state index contributed by atoms with van der Waals surface area (Å²) in [5.41, 5.74) is 8.26. The molecular formula is C12H22N4. The Balaban J connectivity index is 2.10. The maximum Gasteiger partial charge on any atom is 0.148 e. The van der Waals surface area contributed by atoms with E-state index in [2.05, 4.69) is 24.3 Å². The van der Waals surface area contributed by atoms with Crippen LogP contribution in [0.1, 0.15) is 38.8 Å². The van der Waals surface area contributed by atoms with Crippen molar-refractivity contribution < 1.29 is 0 Å². The molecule has 3 N–H and O–H groups in total. The van der Waals surface area contributed by atoms with Crippen LogP contribution in [0.15, 0.2) is 0 Å². The van der Waals surface area contributed by atoms with Gasteiger partial charge in [0.25, 0.3) is 0 Å². The van der Waals surface area contributed by atoms with Gasteiger partial charge in [0.05, 0.1) is 11.4 Å².